The van der Waals surface area contributed by atoms with E-state index in [2.05, 4.69) is 15.5 Å². The average Bonchev–Trinajstić information content (AvgIpc) is 3.19. The van der Waals surface area contributed by atoms with Crippen LogP contribution in [-0.4, -0.2) is 21.0 Å². The van der Waals surface area contributed by atoms with E-state index in [0.717, 1.165) is 10.9 Å². The van der Waals surface area contributed by atoms with Gasteiger partial charge in [-0.25, -0.2) is 0 Å². The van der Waals surface area contributed by atoms with Crippen LogP contribution in [-0.2, 0) is 0 Å². The van der Waals surface area contributed by atoms with Crippen molar-refractivity contribution in [2.45, 2.75) is 0 Å². The van der Waals surface area contributed by atoms with Crippen LogP contribution < -0.4 is 5.32 Å². The number of furan rings is 1. The quantitative estimate of drug-likeness (QED) is 0.580. The normalized spacial score (nSPS) is 10.5. The Morgan fingerprint density at radius 2 is 2.14 bits per heavy atom. The minimum atomic E-state index is -0.738. The molecule has 0 atom stereocenters. The summed E-state index contributed by atoms with van der Waals surface area (Å²) in [5, 5.41) is 22.1. The van der Waals surface area contributed by atoms with Crippen molar-refractivity contribution in [1.82, 2.24) is 10.2 Å². The van der Waals surface area contributed by atoms with Crippen LogP contribution in [0, 0.1) is 10.1 Å². The summed E-state index contributed by atoms with van der Waals surface area (Å²) >= 11 is 1.41. The number of nitro groups is 1. The number of nitrogens with zero attached hydrogens (tertiary/aromatic N) is 3. The molecule has 3 rings (SSSR count). The molecule has 3 aromatic heterocycles. The van der Waals surface area contributed by atoms with Crippen LogP contribution in [0.1, 0.15) is 10.6 Å². The van der Waals surface area contributed by atoms with Crippen molar-refractivity contribution in [3.8, 4) is 10.8 Å². The molecule has 0 aliphatic carbocycles. The summed E-state index contributed by atoms with van der Waals surface area (Å²) in [5.41, 5.74) is 0. The Hall–Kier alpha value is -3.01. The molecule has 0 aliphatic rings. The molecule has 0 saturated carbocycles. The molecule has 0 aliphatic heterocycles. The molecular weight excluding hydrogens is 300 g/mol. The van der Waals surface area contributed by atoms with E-state index in [4.69, 9.17) is 8.83 Å². The molecule has 0 fully saturated rings. The number of hydrogen-bond acceptors (Lipinski definition) is 8. The minimum Gasteiger partial charge on any atom is -0.402 e. The predicted molar refractivity (Wildman–Crippen MR) is 70.9 cm³/mol. The Labute approximate surface area is 120 Å². The molecule has 3 heterocycles. The molecular formula is C11H6N4O5S. The maximum absolute atomic E-state index is 11.8. The van der Waals surface area contributed by atoms with Crippen LogP contribution >= 0.6 is 11.3 Å². The molecule has 0 saturated heterocycles. The lowest BCUT2D eigenvalue weighted by Gasteiger charge is -1.95. The molecule has 0 radical (unpaired) electrons. The molecule has 0 spiro atoms. The van der Waals surface area contributed by atoms with Gasteiger partial charge in [-0.1, -0.05) is 11.2 Å². The van der Waals surface area contributed by atoms with E-state index in [9.17, 15) is 14.9 Å². The van der Waals surface area contributed by atoms with Gasteiger partial charge in [-0.3, -0.25) is 20.2 Å². The standard InChI is InChI=1S/C11H6N4O5S/c16-9(6-3-4-8(19-6)15(17)18)12-11-14-13-10(20-11)7-2-1-5-21-7/h1-5H,(H,12,14,16). The molecule has 21 heavy (non-hydrogen) atoms. The minimum absolute atomic E-state index is 0.123. The molecule has 0 aromatic carbocycles. The zero-order chi connectivity index (χ0) is 14.8. The Bertz CT molecular complexity index is 791. The number of aromatic nitrogens is 2. The van der Waals surface area contributed by atoms with Crippen molar-refractivity contribution < 1.29 is 18.6 Å². The summed E-state index contributed by atoms with van der Waals surface area (Å²) in [6.45, 7) is 0. The van der Waals surface area contributed by atoms with E-state index in [1.165, 1.54) is 17.4 Å². The highest BCUT2D eigenvalue weighted by Crippen LogP contribution is 2.24. The van der Waals surface area contributed by atoms with Crippen LogP contribution in [0.2, 0.25) is 0 Å². The highest BCUT2D eigenvalue weighted by atomic mass is 32.1. The van der Waals surface area contributed by atoms with Crippen LogP contribution in [0.15, 0.2) is 38.5 Å². The molecule has 0 unspecified atom stereocenters. The van der Waals surface area contributed by atoms with Gasteiger partial charge in [-0.2, -0.15) is 0 Å². The number of anilines is 1. The Balaban J connectivity index is 1.74. The Morgan fingerprint density at radius 1 is 1.29 bits per heavy atom. The summed E-state index contributed by atoms with van der Waals surface area (Å²) < 4.78 is 10.0. The molecule has 3 aromatic rings. The van der Waals surface area contributed by atoms with Crippen molar-refractivity contribution in [2.75, 3.05) is 5.32 Å². The molecule has 106 valence electrons. The lowest BCUT2D eigenvalue weighted by Crippen LogP contribution is -2.11. The van der Waals surface area contributed by atoms with E-state index >= 15 is 0 Å². The van der Waals surface area contributed by atoms with Crippen molar-refractivity contribution in [2.24, 2.45) is 0 Å². The SMILES string of the molecule is O=C(Nc1nnc(-c2cccs2)o1)c1ccc([N+](=O)[O-])o1. The summed E-state index contributed by atoms with van der Waals surface area (Å²) in [6, 6.07) is 5.76. The van der Waals surface area contributed by atoms with Gasteiger partial charge in [0.25, 0.3) is 11.8 Å². The number of amides is 1. The lowest BCUT2D eigenvalue weighted by molar-refractivity contribution is -0.402. The second-order valence-electron chi connectivity index (χ2n) is 3.74. The highest BCUT2D eigenvalue weighted by Gasteiger charge is 2.19. The predicted octanol–water partition coefficient (Wildman–Crippen LogP) is 2.55. The van der Waals surface area contributed by atoms with Gasteiger partial charge < -0.3 is 8.83 Å². The van der Waals surface area contributed by atoms with Crippen LogP contribution in [0.5, 0.6) is 0 Å². The molecule has 0 bridgehead atoms. The zero-order valence-corrected chi connectivity index (χ0v) is 11.0. The van der Waals surface area contributed by atoms with Gasteiger partial charge in [0.1, 0.15) is 4.92 Å². The van der Waals surface area contributed by atoms with Gasteiger partial charge >= 0.3 is 11.9 Å². The van der Waals surface area contributed by atoms with Gasteiger partial charge in [0.05, 0.1) is 10.9 Å². The third-order valence-corrected chi connectivity index (χ3v) is 3.23. The topological polar surface area (TPSA) is 124 Å². The first kappa shape index (κ1) is 13.0. The van der Waals surface area contributed by atoms with E-state index in [-0.39, 0.29) is 17.7 Å². The lowest BCUT2D eigenvalue weighted by atomic mass is 10.4. The third-order valence-electron chi connectivity index (χ3n) is 2.37. The summed E-state index contributed by atoms with van der Waals surface area (Å²) in [7, 11) is 0. The fraction of sp³-hybridized carbons (Fsp3) is 0. The second-order valence-corrected chi connectivity index (χ2v) is 4.69. The van der Waals surface area contributed by atoms with Crippen molar-refractivity contribution >= 4 is 29.1 Å². The fourth-order valence-corrected chi connectivity index (χ4v) is 2.12. The summed E-state index contributed by atoms with van der Waals surface area (Å²) in [6.07, 6.45) is 0. The van der Waals surface area contributed by atoms with E-state index < -0.39 is 16.7 Å². The van der Waals surface area contributed by atoms with Crippen LogP contribution in [0.25, 0.3) is 10.8 Å². The van der Waals surface area contributed by atoms with Gasteiger partial charge in [-0.15, -0.1) is 16.4 Å². The smallest absolute Gasteiger partial charge is 0.402 e. The van der Waals surface area contributed by atoms with Crippen LogP contribution in [0.3, 0.4) is 0 Å². The molecule has 1 amide bonds. The van der Waals surface area contributed by atoms with Crippen LogP contribution in [0.4, 0.5) is 11.9 Å². The van der Waals surface area contributed by atoms with Crippen molar-refractivity contribution in [3.05, 3.63) is 45.5 Å². The number of thiophene rings is 1. The average molecular weight is 306 g/mol. The summed E-state index contributed by atoms with van der Waals surface area (Å²) in [4.78, 5) is 22.3. The number of carbonyl (C=O) groups is 1. The first-order valence-corrected chi connectivity index (χ1v) is 6.44. The second kappa shape index (κ2) is 5.17. The van der Waals surface area contributed by atoms with Gasteiger partial charge in [0, 0.05) is 0 Å². The Morgan fingerprint density at radius 3 is 2.81 bits per heavy atom. The molecule has 10 heteroatoms. The molecule has 1 N–H and O–H groups in total. The van der Waals surface area contributed by atoms with Crippen molar-refractivity contribution in [1.29, 1.82) is 0 Å². The van der Waals surface area contributed by atoms with Gasteiger partial charge in [0.15, 0.2) is 5.76 Å². The van der Waals surface area contributed by atoms with E-state index in [1.54, 1.807) is 6.07 Å². The number of rotatable bonds is 4. The van der Waals surface area contributed by atoms with Crippen molar-refractivity contribution in [3.63, 3.8) is 0 Å². The fourth-order valence-electron chi connectivity index (χ4n) is 1.48. The number of hydrogen-bond donors (Lipinski definition) is 1. The number of carbonyl (C=O) groups excluding carboxylic acids is 1. The first-order valence-electron chi connectivity index (χ1n) is 5.56. The van der Waals surface area contributed by atoms with Gasteiger partial charge in [-0.05, 0) is 17.5 Å². The largest absolute Gasteiger partial charge is 0.433 e. The summed E-state index contributed by atoms with van der Waals surface area (Å²) in [5.74, 6) is -1.20. The monoisotopic (exact) mass is 306 g/mol. The first-order chi connectivity index (χ1) is 10.1. The Kier molecular flexibility index (Phi) is 3.20. The maximum atomic E-state index is 11.8. The molecule has 9 nitrogen and oxygen atoms in total. The highest BCUT2D eigenvalue weighted by molar-refractivity contribution is 7.13. The number of nitrogens with one attached hydrogen (secondary N) is 1. The maximum Gasteiger partial charge on any atom is 0.433 e. The van der Waals surface area contributed by atoms with E-state index in [0.29, 0.717) is 0 Å². The van der Waals surface area contributed by atoms with E-state index in [1.807, 2.05) is 11.4 Å². The third kappa shape index (κ3) is 2.65. The zero-order valence-electron chi connectivity index (χ0n) is 10.2. The van der Waals surface area contributed by atoms with Gasteiger partial charge in [0.2, 0.25) is 0 Å².